The van der Waals surface area contributed by atoms with Crippen molar-refractivity contribution in [1.29, 1.82) is 0 Å². The molecule has 2 unspecified atom stereocenters. The average Bonchev–Trinajstić information content (AvgIpc) is 3.19. The van der Waals surface area contributed by atoms with Crippen LogP contribution in [0.3, 0.4) is 0 Å². The normalized spacial score (nSPS) is 36.0. The molecule has 3 aliphatic heterocycles. The molecule has 3 fully saturated rings. The summed E-state index contributed by atoms with van der Waals surface area (Å²) in [5, 5.41) is 14.7. The maximum atomic E-state index is 13.1. The quantitative estimate of drug-likeness (QED) is 0.568. The van der Waals surface area contributed by atoms with Crippen LogP contribution >= 0.6 is 0 Å². The van der Waals surface area contributed by atoms with Crippen molar-refractivity contribution in [2.45, 2.75) is 56.9 Å². The van der Waals surface area contributed by atoms with Crippen molar-refractivity contribution in [3.05, 3.63) is 0 Å². The molecule has 3 heterocycles. The lowest BCUT2D eigenvalue weighted by atomic mass is 9.70. The molecular formula is C17H27N3O5. The highest BCUT2D eigenvalue weighted by Crippen LogP contribution is 2.58. The monoisotopic (exact) mass is 353 g/mol. The van der Waals surface area contributed by atoms with Crippen molar-refractivity contribution >= 4 is 17.7 Å². The van der Waals surface area contributed by atoms with Crippen LogP contribution in [0.4, 0.5) is 0 Å². The predicted molar refractivity (Wildman–Crippen MR) is 88.4 cm³/mol. The maximum absolute atomic E-state index is 13.1. The maximum Gasteiger partial charge on any atom is 0.246 e. The van der Waals surface area contributed by atoms with Crippen molar-refractivity contribution in [3.63, 3.8) is 0 Å². The van der Waals surface area contributed by atoms with E-state index in [0.717, 1.165) is 0 Å². The van der Waals surface area contributed by atoms with E-state index in [-0.39, 0.29) is 43.0 Å². The van der Waals surface area contributed by atoms with Gasteiger partial charge in [-0.15, -0.1) is 0 Å². The first-order valence-electron chi connectivity index (χ1n) is 8.98. The Morgan fingerprint density at radius 2 is 2.12 bits per heavy atom. The van der Waals surface area contributed by atoms with E-state index >= 15 is 0 Å². The van der Waals surface area contributed by atoms with Gasteiger partial charge in [-0.2, -0.15) is 0 Å². The van der Waals surface area contributed by atoms with Crippen LogP contribution in [0.5, 0.6) is 0 Å². The molecule has 3 saturated heterocycles. The Morgan fingerprint density at radius 1 is 1.40 bits per heavy atom. The van der Waals surface area contributed by atoms with Crippen LogP contribution in [0.25, 0.3) is 0 Å². The molecule has 5 atom stereocenters. The minimum atomic E-state index is -0.937. The second kappa shape index (κ2) is 6.57. The van der Waals surface area contributed by atoms with Crippen LogP contribution in [-0.4, -0.2) is 71.7 Å². The molecule has 0 aromatic rings. The van der Waals surface area contributed by atoms with Crippen LogP contribution in [0.2, 0.25) is 0 Å². The van der Waals surface area contributed by atoms with E-state index in [4.69, 9.17) is 9.84 Å². The summed E-state index contributed by atoms with van der Waals surface area (Å²) in [5.74, 6) is -1.86. The Labute approximate surface area is 147 Å². The van der Waals surface area contributed by atoms with Crippen LogP contribution < -0.4 is 10.6 Å². The standard InChI is InChI=1S/C17H27N3O5/c1-9(2)19-15(23)13-17-6-5-10(25-17)11(14(22)18-3)12(17)16(24)20(13)7-4-8-21/h9-13,21H,4-8H2,1-3H3,(H,18,22)(H,19,23)/t10-,11+,12+,13?,17?/m1/s1. The number of aliphatic hydroxyl groups excluding tert-OH is 1. The molecule has 3 N–H and O–H groups in total. The summed E-state index contributed by atoms with van der Waals surface area (Å²) in [5.41, 5.74) is -0.937. The Morgan fingerprint density at radius 3 is 2.72 bits per heavy atom. The molecule has 25 heavy (non-hydrogen) atoms. The fourth-order valence-electron chi connectivity index (χ4n) is 4.77. The van der Waals surface area contributed by atoms with Gasteiger partial charge in [0.25, 0.3) is 0 Å². The third kappa shape index (κ3) is 2.62. The minimum absolute atomic E-state index is 0.0638. The van der Waals surface area contributed by atoms with Crippen LogP contribution in [0.1, 0.15) is 33.1 Å². The van der Waals surface area contributed by atoms with Crippen molar-refractivity contribution in [1.82, 2.24) is 15.5 Å². The van der Waals surface area contributed by atoms with Gasteiger partial charge in [0.05, 0.1) is 17.9 Å². The molecule has 0 saturated carbocycles. The number of hydrogen-bond acceptors (Lipinski definition) is 5. The highest BCUT2D eigenvalue weighted by Gasteiger charge is 2.74. The molecule has 3 rings (SSSR count). The first-order chi connectivity index (χ1) is 11.9. The number of fused-ring (bicyclic) bond motifs is 1. The summed E-state index contributed by atoms with van der Waals surface area (Å²) in [6.45, 7) is 3.94. The number of rotatable bonds is 6. The molecule has 0 aromatic heterocycles. The molecule has 8 heteroatoms. The van der Waals surface area contributed by atoms with E-state index in [0.29, 0.717) is 19.3 Å². The number of amides is 3. The number of likely N-dealkylation sites (tertiary alicyclic amines) is 1. The van der Waals surface area contributed by atoms with E-state index in [2.05, 4.69) is 10.6 Å². The van der Waals surface area contributed by atoms with E-state index in [1.54, 1.807) is 7.05 Å². The second-order valence-corrected chi connectivity index (χ2v) is 7.44. The van der Waals surface area contributed by atoms with Gasteiger partial charge in [-0.05, 0) is 33.1 Å². The smallest absolute Gasteiger partial charge is 0.246 e. The van der Waals surface area contributed by atoms with Gasteiger partial charge >= 0.3 is 0 Å². The topological polar surface area (TPSA) is 108 Å². The van der Waals surface area contributed by atoms with E-state index < -0.39 is 23.5 Å². The molecular weight excluding hydrogens is 326 g/mol. The van der Waals surface area contributed by atoms with Crippen molar-refractivity contribution in [2.24, 2.45) is 11.8 Å². The Hall–Kier alpha value is -1.67. The summed E-state index contributed by atoms with van der Waals surface area (Å²) in [4.78, 5) is 39.9. The number of hydrogen-bond donors (Lipinski definition) is 3. The molecule has 1 spiro atoms. The minimum Gasteiger partial charge on any atom is -0.396 e. The SMILES string of the molecule is CNC(=O)[C@@H]1[C@H]2C(=O)N(CCCO)C(C(=O)NC(C)C)C23CC[C@H]1O3. The number of ether oxygens (including phenoxy) is 1. The van der Waals surface area contributed by atoms with Gasteiger partial charge in [0.2, 0.25) is 17.7 Å². The summed E-state index contributed by atoms with van der Waals surface area (Å²) >= 11 is 0. The van der Waals surface area contributed by atoms with Gasteiger partial charge in [0.15, 0.2) is 0 Å². The number of aliphatic hydroxyl groups is 1. The Bertz CT molecular complexity index is 581. The number of nitrogens with zero attached hydrogens (tertiary/aromatic N) is 1. The average molecular weight is 353 g/mol. The van der Waals surface area contributed by atoms with Gasteiger partial charge in [0.1, 0.15) is 11.6 Å². The van der Waals surface area contributed by atoms with Crippen molar-refractivity contribution < 1.29 is 24.2 Å². The summed E-state index contributed by atoms with van der Waals surface area (Å²) in [6.07, 6.45) is 1.33. The molecule has 2 bridgehead atoms. The van der Waals surface area contributed by atoms with Gasteiger partial charge < -0.3 is 25.4 Å². The molecule has 3 aliphatic rings. The number of carbonyl (C=O) groups excluding carboxylic acids is 3. The molecule has 140 valence electrons. The molecule has 0 aromatic carbocycles. The number of carbonyl (C=O) groups is 3. The Kier molecular flexibility index (Phi) is 4.76. The molecule has 3 amide bonds. The Balaban J connectivity index is 1.98. The second-order valence-electron chi connectivity index (χ2n) is 7.44. The third-order valence-corrected chi connectivity index (χ3v) is 5.59. The van der Waals surface area contributed by atoms with Crippen LogP contribution in [0, 0.1) is 11.8 Å². The lowest BCUT2D eigenvalue weighted by molar-refractivity contribution is -0.142. The van der Waals surface area contributed by atoms with Gasteiger partial charge in [0, 0.05) is 26.2 Å². The van der Waals surface area contributed by atoms with E-state index in [1.807, 2.05) is 13.8 Å². The zero-order valence-electron chi connectivity index (χ0n) is 14.9. The highest BCUT2D eigenvalue weighted by molar-refractivity contribution is 5.98. The first-order valence-corrected chi connectivity index (χ1v) is 8.98. The highest BCUT2D eigenvalue weighted by atomic mass is 16.5. The first kappa shape index (κ1) is 18.1. The lowest BCUT2D eigenvalue weighted by Gasteiger charge is -2.33. The molecule has 0 aliphatic carbocycles. The summed E-state index contributed by atoms with van der Waals surface area (Å²) < 4.78 is 6.17. The number of nitrogens with one attached hydrogen (secondary N) is 2. The molecule has 0 radical (unpaired) electrons. The van der Waals surface area contributed by atoms with Gasteiger partial charge in [-0.3, -0.25) is 14.4 Å². The zero-order valence-corrected chi connectivity index (χ0v) is 14.9. The zero-order chi connectivity index (χ0) is 18.4. The van der Waals surface area contributed by atoms with Crippen LogP contribution in [0.15, 0.2) is 0 Å². The van der Waals surface area contributed by atoms with Crippen molar-refractivity contribution in [2.75, 3.05) is 20.2 Å². The largest absolute Gasteiger partial charge is 0.396 e. The third-order valence-electron chi connectivity index (χ3n) is 5.59. The predicted octanol–water partition coefficient (Wildman–Crippen LogP) is -0.986. The summed E-state index contributed by atoms with van der Waals surface area (Å²) in [7, 11) is 1.55. The molecule has 8 nitrogen and oxygen atoms in total. The lowest BCUT2D eigenvalue weighted by Crippen LogP contribution is -2.56. The summed E-state index contributed by atoms with van der Waals surface area (Å²) in [6, 6.07) is -0.815. The van der Waals surface area contributed by atoms with Crippen LogP contribution in [-0.2, 0) is 19.1 Å². The van der Waals surface area contributed by atoms with Gasteiger partial charge in [-0.25, -0.2) is 0 Å². The fraction of sp³-hybridized carbons (Fsp3) is 0.824. The van der Waals surface area contributed by atoms with E-state index in [9.17, 15) is 14.4 Å². The fourth-order valence-corrected chi connectivity index (χ4v) is 4.77. The van der Waals surface area contributed by atoms with Crippen molar-refractivity contribution in [3.8, 4) is 0 Å². The van der Waals surface area contributed by atoms with E-state index in [1.165, 1.54) is 4.90 Å². The van der Waals surface area contributed by atoms with Gasteiger partial charge in [-0.1, -0.05) is 0 Å².